The zero-order valence-electron chi connectivity index (χ0n) is 15.6. The van der Waals surface area contributed by atoms with E-state index in [1.165, 1.54) is 19.2 Å². The first-order chi connectivity index (χ1) is 13.2. The summed E-state index contributed by atoms with van der Waals surface area (Å²) in [5.41, 5.74) is 0.740. The average Bonchev–Trinajstić information content (AvgIpc) is 2.67. The molecule has 150 valence electrons. The number of benzene rings is 2. The number of ether oxygens (including phenoxy) is 1. The van der Waals surface area contributed by atoms with Gasteiger partial charge in [0.25, 0.3) is 0 Å². The quantitative estimate of drug-likeness (QED) is 0.729. The molecule has 2 rings (SSSR count). The van der Waals surface area contributed by atoms with Gasteiger partial charge in [0, 0.05) is 12.3 Å². The second-order valence-electron chi connectivity index (χ2n) is 6.57. The van der Waals surface area contributed by atoms with Crippen LogP contribution < -0.4 is 5.32 Å². The first-order valence-corrected chi connectivity index (χ1v) is 8.79. The van der Waals surface area contributed by atoms with Crippen LogP contribution >= 0.6 is 0 Å². The highest BCUT2D eigenvalue weighted by atomic mass is 19.4. The summed E-state index contributed by atoms with van der Waals surface area (Å²) in [7, 11) is 1.25. The Morgan fingerprint density at radius 1 is 0.964 bits per heavy atom. The van der Waals surface area contributed by atoms with E-state index >= 15 is 0 Å². The van der Waals surface area contributed by atoms with Gasteiger partial charge in [-0.3, -0.25) is 4.79 Å². The fourth-order valence-electron chi connectivity index (χ4n) is 2.78. The molecule has 1 N–H and O–H groups in total. The van der Waals surface area contributed by atoms with Gasteiger partial charge in [-0.25, -0.2) is 4.79 Å². The van der Waals surface area contributed by atoms with Crippen LogP contribution in [0.15, 0.2) is 54.6 Å². The number of rotatable bonds is 7. The van der Waals surface area contributed by atoms with Crippen LogP contribution in [0, 0.1) is 5.92 Å². The molecular formula is C21H22F3NO3. The van der Waals surface area contributed by atoms with E-state index in [-0.39, 0.29) is 18.7 Å². The monoisotopic (exact) mass is 393 g/mol. The molecule has 4 nitrogen and oxygen atoms in total. The topological polar surface area (TPSA) is 55.4 Å². The number of carbonyl (C=O) groups excluding carboxylic acids is 2. The largest absolute Gasteiger partial charge is 0.467 e. The molecule has 0 aromatic heterocycles. The van der Waals surface area contributed by atoms with Gasteiger partial charge in [0.1, 0.15) is 6.04 Å². The van der Waals surface area contributed by atoms with E-state index in [2.05, 4.69) is 5.32 Å². The Bertz CT molecular complexity index is 789. The number of hydrogen-bond acceptors (Lipinski definition) is 3. The molecule has 0 aliphatic carbocycles. The first kappa shape index (κ1) is 21.5. The zero-order valence-corrected chi connectivity index (χ0v) is 15.6. The molecule has 0 fully saturated rings. The van der Waals surface area contributed by atoms with Crippen LogP contribution in [0.25, 0.3) is 0 Å². The molecule has 2 aromatic rings. The third-order valence-electron chi connectivity index (χ3n) is 4.36. The second kappa shape index (κ2) is 9.39. The summed E-state index contributed by atoms with van der Waals surface area (Å²) in [6.07, 6.45) is -3.86. The van der Waals surface area contributed by atoms with E-state index in [1.54, 1.807) is 6.92 Å². The number of hydrogen-bond donors (Lipinski definition) is 1. The van der Waals surface area contributed by atoms with E-state index in [9.17, 15) is 22.8 Å². The lowest BCUT2D eigenvalue weighted by Gasteiger charge is -2.19. The van der Waals surface area contributed by atoms with Crippen molar-refractivity contribution in [3.05, 3.63) is 71.3 Å². The minimum Gasteiger partial charge on any atom is -0.467 e. The number of amides is 1. The first-order valence-electron chi connectivity index (χ1n) is 8.79. The molecular weight excluding hydrogens is 371 g/mol. The smallest absolute Gasteiger partial charge is 0.416 e. The third-order valence-corrected chi connectivity index (χ3v) is 4.36. The average molecular weight is 393 g/mol. The van der Waals surface area contributed by atoms with Crippen molar-refractivity contribution in [1.29, 1.82) is 0 Å². The van der Waals surface area contributed by atoms with Crippen LogP contribution in [0.2, 0.25) is 0 Å². The summed E-state index contributed by atoms with van der Waals surface area (Å²) in [5.74, 6) is -1.45. The number of nitrogens with one attached hydrogen (secondary N) is 1. The predicted octanol–water partition coefficient (Wildman–Crippen LogP) is 3.78. The lowest BCUT2D eigenvalue weighted by atomic mass is 9.98. The Morgan fingerprint density at radius 2 is 1.54 bits per heavy atom. The Labute approximate surface area is 161 Å². The van der Waals surface area contributed by atoms with Crippen LogP contribution in [-0.2, 0) is 33.3 Å². The van der Waals surface area contributed by atoms with Gasteiger partial charge in [-0.2, -0.15) is 13.2 Å². The zero-order chi connectivity index (χ0) is 20.7. The van der Waals surface area contributed by atoms with Crippen molar-refractivity contribution in [3.63, 3.8) is 0 Å². The molecule has 0 bridgehead atoms. The van der Waals surface area contributed by atoms with Crippen molar-refractivity contribution >= 4 is 11.9 Å². The molecule has 1 amide bonds. The molecule has 0 saturated carbocycles. The molecule has 2 aromatic carbocycles. The molecule has 0 unspecified atom stereocenters. The third kappa shape index (κ3) is 6.11. The van der Waals surface area contributed by atoms with E-state index in [4.69, 9.17) is 4.74 Å². The molecule has 7 heteroatoms. The Hall–Kier alpha value is -2.83. The molecule has 0 saturated heterocycles. The summed E-state index contributed by atoms with van der Waals surface area (Å²) in [6, 6.07) is 13.1. The van der Waals surface area contributed by atoms with Crippen LogP contribution in [0.4, 0.5) is 13.2 Å². The maximum atomic E-state index is 12.6. The highest BCUT2D eigenvalue weighted by Crippen LogP contribution is 2.29. The van der Waals surface area contributed by atoms with Crippen LogP contribution in [0.3, 0.4) is 0 Å². The number of alkyl halides is 3. The van der Waals surface area contributed by atoms with Crippen molar-refractivity contribution in [1.82, 2.24) is 5.32 Å². The summed E-state index contributed by atoms with van der Waals surface area (Å²) < 4.78 is 42.7. The van der Waals surface area contributed by atoms with Crippen molar-refractivity contribution < 1.29 is 27.5 Å². The molecule has 0 heterocycles. The molecule has 0 aliphatic heterocycles. The molecule has 0 spiro atoms. The van der Waals surface area contributed by atoms with Gasteiger partial charge in [0.15, 0.2) is 0 Å². The predicted molar refractivity (Wildman–Crippen MR) is 98.4 cm³/mol. The van der Waals surface area contributed by atoms with Crippen molar-refractivity contribution in [3.8, 4) is 0 Å². The fourth-order valence-corrected chi connectivity index (χ4v) is 2.78. The van der Waals surface area contributed by atoms with Gasteiger partial charge >= 0.3 is 12.1 Å². The SMILES string of the molecule is COC(=O)[C@@H](Cc1ccccc1)NC(=O)[C@H](C)Cc1ccc(C(F)(F)F)cc1. The number of methoxy groups -OCH3 is 1. The van der Waals surface area contributed by atoms with E-state index in [0.717, 1.165) is 17.7 Å². The van der Waals surface area contributed by atoms with E-state index in [0.29, 0.717) is 5.56 Å². The van der Waals surface area contributed by atoms with E-state index in [1.807, 2.05) is 30.3 Å². The maximum Gasteiger partial charge on any atom is 0.416 e. The van der Waals surface area contributed by atoms with E-state index < -0.39 is 29.7 Å². The van der Waals surface area contributed by atoms with Crippen molar-refractivity contribution in [2.45, 2.75) is 32.0 Å². The summed E-state index contributed by atoms with van der Waals surface area (Å²) in [4.78, 5) is 24.5. The Kier molecular flexibility index (Phi) is 7.20. The van der Waals surface area contributed by atoms with Gasteiger partial charge in [0.05, 0.1) is 12.7 Å². The molecule has 28 heavy (non-hydrogen) atoms. The van der Waals surface area contributed by atoms with Crippen LogP contribution in [0.5, 0.6) is 0 Å². The van der Waals surface area contributed by atoms with Gasteiger partial charge in [-0.15, -0.1) is 0 Å². The summed E-state index contributed by atoms with van der Waals surface area (Å²) in [6.45, 7) is 1.66. The highest BCUT2D eigenvalue weighted by molar-refractivity contribution is 5.85. The Morgan fingerprint density at radius 3 is 2.07 bits per heavy atom. The van der Waals surface area contributed by atoms with Crippen molar-refractivity contribution in [2.75, 3.05) is 7.11 Å². The van der Waals surface area contributed by atoms with Gasteiger partial charge in [0.2, 0.25) is 5.91 Å². The second-order valence-corrected chi connectivity index (χ2v) is 6.57. The highest BCUT2D eigenvalue weighted by Gasteiger charge is 2.30. The van der Waals surface area contributed by atoms with Gasteiger partial charge < -0.3 is 10.1 Å². The van der Waals surface area contributed by atoms with Crippen molar-refractivity contribution in [2.24, 2.45) is 5.92 Å². The minimum atomic E-state index is -4.40. The minimum absolute atomic E-state index is 0.253. The van der Waals surface area contributed by atoms with Gasteiger partial charge in [-0.1, -0.05) is 49.4 Å². The van der Waals surface area contributed by atoms with Gasteiger partial charge in [-0.05, 0) is 29.7 Å². The van der Waals surface area contributed by atoms with Crippen LogP contribution in [0.1, 0.15) is 23.6 Å². The molecule has 0 radical (unpaired) electrons. The fraction of sp³-hybridized carbons (Fsp3) is 0.333. The number of esters is 1. The summed E-state index contributed by atoms with van der Waals surface area (Å²) >= 11 is 0. The maximum absolute atomic E-state index is 12.6. The normalized spacial score (nSPS) is 13.5. The molecule has 0 aliphatic rings. The molecule has 2 atom stereocenters. The lowest BCUT2D eigenvalue weighted by molar-refractivity contribution is -0.145. The number of carbonyl (C=O) groups is 2. The summed E-state index contributed by atoms with van der Waals surface area (Å²) in [5, 5.41) is 2.68. The number of halogens is 3. The standard InChI is InChI=1S/C21H22F3NO3/c1-14(12-16-8-10-17(11-9-16)21(22,23)24)19(26)25-18(20(27)28-2)13-15-6-4-3-5-7-15/h3-11,14,18H,12-13H2,1-2H3,(H,25,26)/t14-,18-/m1/s1. The van der Waals surface area contributed by atoms with Crippen LogP contribution in [-0.4, -0.2) is 25.0 Å². The Balaban J connectivity index is 2.01. The lowest BCUT2D eigenvalue weighted by Crippen LogP contribution is -2.45.